The van der Waals surface area contributed by atoms with Gasteiger partial charge >= 0.3 is 5.97 Å². The van der Waals surface area contributed by atoms with Gasteiger partial charge in [-0.3, -0.25) is 9.52 Å². The maximum Gasteiger partial charge on any atom is 0.313 e. The number of hydrogen-bond donors (Lipinski definition) is 3. The molecule has 0 saturated carbocycles. The van der Waals surface area contributed by atoms with E-state index in [1.54, 1.807) is 36.4 Å². The minimum absolute atomic E-state index is 0.0568. The average Bonchev–Trinajstić information content (AvgIpc) is 2.73. The molecule has 0 unspecified atom stereocenters. The number of fused-ring (bicyclic) bond motifs is 1. The van der Waals surface area contributed by atoms with Gasteiger partial charge in [0.1, 0.15) is 11.5 Å². The Labute approximate surface area is 185 Å². The first-order valence-electron chi connectivity index (χ1n) is 9.52. The van der Waals surface area contributed by atoms with Crippen LogP contribution in [0, 0.1) is 5.92 Å². The van der Waals surface area contributed by atoms with Crippen molar-refractivity contribution in [1.82, 2.24) is 0 Å². The van der Waals surface area contributed by atoms with Gasteiger partial charge in [-0.15, -0.1) is 11.8 Å². The van der Waals surface area contributed by atoms with E-state index in [1.807, 2.05) is 13.8 Å². The van der Waals surface area contributed by atoms with Crippen LogP contribution in [-0.4, -0.2) is 37.0 Å². The van der Waals surface area contributed by atoms with Gasteiger partial charge in [-0.25, -0.2) is 8.42 Å². The first kappa shape index (κ1) is 22.8. The SMILES string of the molecule is CC(C)COc1ccc(S(=O)(=O)Nc2cc(SCC(=O)O)c(O)c3ccccc23)cc1. The van der Waals surface area contributed by atoms with Gasteiger partial charge in [-0.1, -0.05) is 38.1 Å². The maximum absolute atomic E-state index is 13.0. The zero-order valence-electron chi connectivity index (χ0n) is 17.0. The molecule has 3 aromatic rings. The molecule has 164 valence electrons. The van der Waals surface area contributed by atoms with Crippen LogP contribution < -0.4 is 9.46 Å². The lowest BCUT2D eigenvalue weighted by Gasteiger charge is -2.15. The third-order valence-electron chi connectivity index (χ3n) is 4.29. The van der Waals surface area contributed by atoms with E-state index in [4.69, 9.17) is 9.84 Å². The van der Waals surface area contributed by atoms with Gasteiger partial charge in [0, 0.05) is 10.8 Å². The summed E-state index contributed by atoms with van der Waals surface area (Å²) in [6, 6.07) is 14.3. The topological polar surface area (TPSA) is 113 Å². The molecule has 0 aliphatic rings. The highest BCUT2D eigenvalue weighted by molar-refractivity contribution is 8.00. The summed E-state index contributed by atoms with van der Waals surface area (Å²) in [5.74, 6) is -0.470. The number of anilines is 1. The zero-order valence-corrected chi connectivity index (χ0v) is 18.7. The van der Waals surface area contributed by atoms with E-state index in [9.17, 15) is 18.3 Å². The van der Waals surface area contributed by atoms with Crippen molar-refractivity contribution < 1.29 is 28.2 Å². The number of nitrogens with one attached hydrogen (secondary N) is 1. The highest BCUT2D eigenvalue weighted by Crippen LogP contribution is 2.40. The lowest BCUT2D eigenvalue weighted by molar-refractivity contribution is -0.133. The molecule has 0 amide bonds. The van der Waals surface area contributed by atoms with Crippen molar-refractivity contribution in [3.8, 4) is 11.5 Å². The molecule has 3 rings (SSSR count). The fraction of sp³-hybridized carbons (Fsp3) is 0.227. The normalized spacial score (nSPS) is 11.6. The number of hydrogen-bond acceptors (Lipinski definition) is 6. The molecule has 3 N–H and O–H groups in total. The second-order valence-corrected chi connectivity index (χ2v) is 9.98. The van der Waals surface area contributed by atoms with Crippen molar-refractivity contribution in [2.75, 3.05) is 17.1 Å². The van der Waals surface area contributed by atoms with E-state index in [-0.39, 0.29) is 27.0 Å². The Morgan fingerprint density at radius 1 is 1.10 bits per heavy atom. The summed E-state index contributed by atoms with van der Waals surface area (Å²) in [6.07, 6.45) is 0. The van der Waals surface area contributed by atoms with Crippen molar-refractivity contribution in [3.05, 3.63) is 54.6 Å². The summed E-state index contributed by atoms with van der Waals surface area (Å²) in [5.41, 5.74) is 0.251. The molecule has 3 aromatic carbocycles. The van der Waals surface area contributed by atoms with Gasteiger partial charge in [0.05, 0.1) is 27.8 Å². The van der Waals surface area contributed by atoms with Crippen LogP contribution in [0.5, 0.6) is 11.5 Å². The first-order chi connectivity index (χ1) is 14.7. The Bertz CT molecular complexity index is 1190. The van der Waals surface area contributed by atoms with E-state index in [0.717, 1.165) is 11.8 Å². The molecular formula is C22H23NO6S2. The largest absolute Gasteiger partial charge is 0.506 e. The highest BCUT2D eigenvalue weighted by atomic mass is 32.2. The summed E-state index contributed by atoms with van der Waals surface area (Å²) < 4.78 is 34.1. The highest BCUT2D eigenvalue weighted by Gasteiger charge is 2.19. The monoisotopic (exact) mass is 461 g/mol. The number of aromatic hydroxyl groups is 1. The van der Waals surface area contributed by atoms with Crippen LogP contribution in [0.4, 0.5) is 5.69 Å². The molecule has 0 atom stereocenters. The van der Waals surface area contributed by atoms with Crippen molar-refractivity contribution in [2.45, 2.75) is 23.6 Å². The molecule has 0 fully saturated rings. The summed E-state index contributed by atoms with van der Waals surface area (Å²) in [5, 5.41) is 20.4. The van der Waals surface area contributed by atoms with Crippen molar-refractivity contribution in [3.63, 3.8) is 0 Å². The second-order valence-electron chi connectivity index (χ2n) is 7.28. The summed E-state index contributed by atoms with van der Waals surface area (Å²) >= 11 is 0.915. The molecule has 0 radical (unpaired) electrons. The van der Waals surface area contributed by atoms with Gasteiger partial charge in [0.15, 0.2) is 0 Å². The second kappa shape index (κ2) is 9.49. The Morgan fingerprint density at radius 3 is 2.35 bits per heavy atom. The standard InChI is InChI=1S/C22H23NO6S2/c1-14(2)12-29-15-7-9-16(10-8-15)31(27,28)23-19-11-20(30-13-21(24)25)22(26)18-6-4-3-5-17(18)19/h3-11,14,23,26H,12-13H2,1-2H3,(H,24,25). The lowest BCUT2D eigenvalue weighted by atomic mass is 10.1. The van der Waals surface area contributed by atoms with Crippen molar-refractivity contribution in [2.24, 2.45) is 5.92 Å². The molecule has 0 spiro atoms. The van der Waals surface area contributed by atoms with Gasteiger partial charge in [0.25, 0.3) is 10.0 Å². The fourth-order valence-corrected chi connectivity index (χ4v) is 4.65. The Kier molecular flexibility index (Phi) is 6.97. The number of rotatable bonds is 9. The lowest BCUT2D eigenvalue weighted by Crippen LogP contribution is -2.13. The number of carboxylic acids is 1. The third kappa shape index (κ3) is 5.62. The molecule has 31 heavy (non-hydrogen) atoms. The molecule has 0 aliphatic heterocycles. The van der Waals surface area contributed by atoms with E-state index < -0.39 is 16.0 Å². The van der Waals surface area contributed by atoms with E-state index >= 15 is 0 Å². The number of sulfonamides is 1. The van der Waals surface area contributed by atoms with Crippen LogP contribution in [-0.2, 0) is 14.8 Å². The van der Waals surface area contributed by atoms with Crippen LogP contribution in [0.15, 0.2) is 64.4 Å². The number of thioether (sulfide) groups is 1. The summed E-state index contributed by atoms with van der Waals surface area (Å²) in [7, 11) is -3.93. The number of ether oxygens (including phenoxy) is 1. The zero-order chi connectivity index (χ0) is 22.6. The van der Waals surface area contributed by atoms with Crippen LogP contribution in [0.25, 0.3) is 10.8 Å². The maximum atomic E-state index is 13.0. The van der Waals surface area contributed by atoms with Crippen LogP contribution >= 0.6 is 11.8 Å². The summed E-state index contributed by atoms with van der Waals surface area (Å²) in [4.78, 5) is 11.3. The number of carboxylic acid groups (broad SMARTS) is 1. The molecule has 7 nitrogen and oxygen atoms in total. The van der Waals surface area contributed by atoms with Gasteiger partial charge < -0.3 is 14.9 Å². The van der Waals surface area contributed by atoms with Crippen LogP contribution in [0.1, 0.15) is 13.8 Å². The predicted octanol–water partition coefficient (Wildman–Crippen LogP) is 4.56. The number of benzene rings is 3. The van der Waals surface area contributed by atoms with Gasteiger partial charge in [-0.05, 0) is 36.2 Å². The minimum Gasteiger partial charge on any atom is -0.506 e. The predicted molar refractivity (Wildman–Crippen MR) is 122 cm³/mol. The number of aliphatic carboxylic acids is 1. The average molecular weight is 462 g/mol. The number of phenolic OH excluding ortho intramolecular Hbond substituents is 1. The van der Waals surface area contributed by atoms with E-state index in [0.29, 0.717) is 29.0 Å². The fourth-order valence-electron chi connectivity index (χ4n) is 2.85. The first-order valence-corrected chi connectivity index (χ1v) is 12.0. The molecule has 0 bridgehead atoms. The van der Waals surface area contributed by atoms with E-state index in [1.165, 1.54) is 18.2 Å². The molecule has 0 aliphatic carbocycles. The van der Waals surface area contributed by atoms with Crippen LogP contribution in [0.2, 0.25) is 0 Å². The minimum atomic E-state index is -3.93. The smallest absolute Gasteiger partial charge is 0.313 e. The Hall–Kier alpha value is -2.91. The Morgan fingerprint density at radius 2 is 1.74 bits per heavy atom. The van der Waals surface area contributed by atoms with Crippen LogP contribution in [0.3, 0.4) is 0 Å². The van der Waals surface area contributed by atoms with Gasteiger partial charge in [0.2, 0.25) is 0 Å². The van der Waals surface area contributed by atoms with Crippen molar-refractivity contribution >= 4 is 44.2 Å². The number of phenols is 1. The molecule has 0 saturated heterocycles. The molecule has 0 aromatic heterocycles. The summed E-state index contributed by atoms with van der Waals surface area (Å²) in [6.45, 7) is 4.57. The van der Waals surface area contributed by atoms with Gasteiger partial charge in [-0.2, -0.15) is 0 Å². The van der Waals surface area contributed by atoms with E-state index in [2.05, 4.69) is 4.72 Å². The Balaban J connectivity index is 1.94. The molecular weight excluding hydrogens is 438 g/mol. The molecule has 0 heterocycles. The molecule has 9 heteroatoms. The van der Waals surface area contributed by atoms with Crippen molar-refractivity contribution in [1.29, 1.82) is 0 Å². The quantitative estimate of drug-likeness (QED) is 0.316. The number of carbonyl (C=O) groups is 1. The third-order valence-corrected chi connectivity index (χ3v) is 6.69.